The maximum absolute atomic E-state index is 10.3. The van der Waals surface area contributed by atoms with Crippen molar-refractivity contribution in [2.75, 3.05) is 6.54 Å². The second-order valence-corrected chi connectivity index (χ2v) is 5.44. The van der Waals surface area contributed by atoms with Crippen molar-refractivity contribution >= 4 is 0 Å². The standard InChI is InChI=1S/C14H19NO/c1-13(7-4-10-15-13)11-5-2-3-6-12(11)14(16)8-9-14/h2-3,5-6,15-16H,4,7-10H2,1H3. The highest BCUT2D eigenvalue weighted by molar-refractivity contribution is 5.40. The number of hydrogen-bond donors (Lipinski definition) is 2. The minimum atomic E-state index is -0.524. The first-order chi connectivity index (χ1) is 7.64. The van der Waals surface area contributed by atoms with Gasteiger partial charge in [0.05, 0.1) is 5.60 Å². The van der Waals surface area contributed by atoms with E-state index >= 15 is 0 Å². The second-order valence-electron chi connectivity index (χ2n) is 5.44. The van der Waals surface area contributed by atoms with Gasteiger partial charge in [-0.1, -0.05) is 24.3 Å². The first-order valence-corrected chi connectivity index (χ1v) is 6.22. The Kier molecular flexibility index (Phi) is 2.13. The maximum atomic E-state index is 10.3. The molecule has 1 aromatic carbocycles. The molecule has 0 bridgehead atoms. The lowest BCUT2D eigenvalue weighted by Gasteiger charge is -2.29. The lowest BCUT2D eigenvalue weighted by Crippen LogP contribution is -2.35. The van der Waals surface area contributed by atoms with Crippen LogP contribution in [-0.4, -0.2) is 11.7 Å². The molecular formula is C14H19NO. The zero-order valence-corrected chi connectivity index (χ0v) is 9.79. The van der Waals surface area contributed by atoms with Gasteiger partial charge < -0.3 is 10.4 Å². The molecule has 2 aliphatic rings. The second kappa shape index (κ2) is 3.31. The van der Waals surface area contributed by atoms with E-state index in [1.54, 1.807) is 0 Å². The van der Waals surface area contributed by atoms with E-state index in [-0.39, 0.29) is 5.54 Å². The zero-order valence-electron chi connectivity index (χ0n) is 9.79. The van der Waals surface area contributed by atoms with Crippen LogP contribution in [0.1, 0.15) is 43.7 Å². The summed E-state index contributed by atoms with van der Waals surface area (Å²) in [6.45, 7) is 3.34. The van der Waals surface area contributed by atoms with Crippen LogP contribution in [0.15, 0.2) is 24.3 Å². The molecule has 2 heteroatoms. The lowest BCUT2D eigenvalue weighted by molar-refractivity contribution is 0.148. The number of hydrogen-bond acceptors (Lipinski definition) is 2. The van der Waals surface area contributed by atoms with Gasteiger partial charge in [-0.05, 0) is 50.3 Å². The molecule has 1 atom stereocenters. The topological polar surface area (TPSA) is 32.3 Å². The van der Waals surface area contributed by atoms with Crippen molar-refractivity contribution in [2.45, 2.75) is 43.7 Å². The molecule has 86 valence electrons. The van der Waals surface area contributed by atoms with E-state index in [1.807, 2.05) is 6.07 Å². The van der Waals surface area contributed by atoms with Gasteiger partial charge in [0.15, 0.2) is 0 Å². The highest BCUT2D eigenvalue weighted by Gasteiger charge is 2.46. The van der Waals surface area contributed by atoms with E-state index in [9.17, 15) is 5.11 Å². The summed E-state index contributed by atoms with van der Waals surface area (Å²) in [5.41, 5.74) is 1.98. The van der Waals surface area contributed by atoms with Crippen LogP contribution in [0.5, 0.6) is 0 Å². The van der Waals surface area contributed by atoms with E-state index in [2.05, 4.69) is 30.4 Å². The van der Waals surface area contributed by atoms with E-state index in [4.69, 9.17) is 0 Å². The monoisotopic (exact) mass is 217 g/mol. The van der Waals surface area contributed by atoms with Crippen molar-refractivity contribution < 1.29 is 5.11 Å². The summed E-state index contributed by atoms with van der Waals surface area (Å²) in [7, 11) is 0. The third kappa shape index (κ3) is 1.48. The largest absolute Gasteiger partial charge is 0.385 e. The number of nitrogens with one attached hydrogen (secondary N) is 1. The van der Waals surface area contributed by atoms with Crippen molar-refractivity contribution in [2.24, 2.45) is 0 Å². The van der Waals surface area contributed by atoms with E-state index in [0.29, 0.717) is 0 Å². The summed E-state index contributed by atoms with van der Waals surface area (Å²) in [4.78, 5) is 0. The Morgan fingerprint density at radius 3 is 2.38 bits per heavy atom. The van der Waals surface area contributed by atoms with Crippen molar-refractivity contribution in [3.05, 3.63) is 35.4 Å². The molecule has 0 radical (unpaired) electrons. The van der Waals surface area contributed by atoms with Crippen molar-refractivity contribution in [3.63, 3.8) is 0 Å². The molecule has 0 aromatic heterocycles. The number of rotatable bonds is 2. The van der Waals surface area contributed by atoms with E-state index < -0.39 is 5.60 Å². The summed E-state index contributed by atoms with van der Waals surface area (Å²) in [5.74, 6) is 0. The van der Waals surface area contributed by atoms with Crippen molar-refractivity contribution in [1.82, 2.24) is 5.32 Å². The molecule has 0 amide bonds. The molecule has 1 unspecified atom stereocenters. The van der Waals surface area contributed by atoms with Gasteiger partial charge in [0.1, 0.15) is 0 Å². The van der Waals surface area contributed by atoms with Crippen LogP contribution in [0.3, 0.4) is 0 Å². The Labute approximate surface area is 96.7 Å². The first-order valence-electron chi connectivity index (χ1n) is 6.22. The highest BCUT2D eigenvalue weighted by atomic mass is 16.3. The molecule has 1 saturated heterocycles. The van der Waals surface area contributed by atoms with Crippen LogP contribution < -0.4 is 5.32 Å². The highest BCUT2D eigenvalue weighted by Crippen LogP contribution is 2.49. The number of aliphatic hydroxyl groups is 1. The van der Waals surface area contributed by atoms with Gasteiger partial charge in [-0.25, -0.2) is 0 Å². The lowest BCUT2D eigenvalue weighted by atomic mass is 9.84. The minimum absolute atomic E-state index is 0.0644. The smallest absolute Gasteiger partial charge is 0.0902 e. The third-order valence-electron chi connectivity index (χ3n) is 4.12. The van der Waals surface area contributed by atoms with Crippen LogP contribution in [0.25, 0.3) is 0 Å². The summed E-state index contributed by atoms with van der Waals surface area (Å²) < 4.78 is 0. The van der Waals surface area contributed by atoms with Crippen LogP contribution in [-0.2, 0) is 11.1 Å². The van der Waals surface area contributed by atoms with E-state index in [1.165, 1.54) is 18.4 Å². The maximum Gasteiger partial charge on any atom is 0.0902 e. The third-order valence-corrected chi connectivity index (χ3v) is 4.12. The fourth-order valence-electron chi connectivity index (χ4n) is 2.88. The SMILES string of the molecule is CC1(c2ccccc2C2(O)CC2)CCCN1. The van der Waals surface area contributed by atoms with Gasteiger partial charge in [0.25, 0.3) is 0 Å². The molecule has 1 aromatic rings. The fourth-order valence-corrected chi connectivity index (χ4v) is 2.88. The minimum Gasteiger partial charge on any atom is -0.385 e. The molecule has 2 nitrogen and oxygen atoms in total. The summed E-state index contributed by atoms with van der Waals surface area (Å²) >= 11 is 0. The van der Waals surface area contributed by atoms with Crippen molar-refractivity contribution in [3.8, 4) is 0 Å². The molecule has 0 spiro atoms. The molecule has 1 saturated carbocycles. The first kappa shape index (κ1) is 10.3. The Morgan fingerprint density at radius 1 is 1.12 bits per heavy atom. The van der Waals surface area contributed by atoms with Gasteiger partial charge >= 0.3 is 0 Å². The van der Waals surface area contributed by atoms with Gasteiger partial charge in [-0.3, -0.25) is 0 Å². The molecule has 1 aliphatic carbocycles. The summed E-state index contributed by atoms with van der Waals surface area (Å²) in [6, 6.07) is 8.38. The number of benzene rings is 1. The van der Waals surface area contributed by atoms with Crippen LogP contribution in [0.2, 0.25) is 0 Å². The molecule has 16 heavy (non-hydrogen) atoms. The average Bonchev–Trinajstić information content (AvgIpc) is 2.89. The molecule has 1 aliphatic heterocycles. The van der Waals surface area contributed by atoms with Crippen LogP contribution in [0, 0.1) is 0 Å². The molecular weight excluding hydrogens is 198 g/mol. The Balaban J connectivity index is 2.06. The van der Waals surface area contributed by atoms with E-state index in [0.717, 1.165) is 24.9 Å². The van der Waals surface area contributed by atoms with Crippen LogP contribution in [0.4, 0.5) is 0 Å². The average molecular weight is 217 g/mol. The predicted octanol–water partition coefficient (Wildman–Crippen LogP) is 2.27. The normalized spacial score (nSPS) is 31.6. The van der Waals surface area contributed by atoms with Gasteiger partial charge in [-0.2, -0.15) is 0 Å². The van der Waals surface area contributed by atoms with Crippen LogP contribution >= 0.6 is 0 Å². The molecule has 2 fully saturated rings. The molecule has 2 N–H and O–H groups in total. The quantitative estimate of drug-likeness (QED) is 0.796. The summed E-state index contributed by atoms with van der Waals surface area (Å²) in [6.07, 6.45) is 4.23. The zero-order chi connectivity index (χ0) is 11.2. The van der Waals surface area contributed by atoms with Gasteiger partial charge in [0.2, 0.25) is 0 Å². The van der Waals surface area contributed by atoms with Crippen molar-refractivity contribution in [1.29, 1.82) is 0 Å². The Hall–Kier alpha value is -0.860. The molecule has 3 rings (SSSR count). The Bertz CT molecular complexity index is 403. The fraction of sp³-hybridized carbons (Fsp3) is 0.571. The molecule has 1 heterocycles. The Morgan fingerprint density at radius 2 is 1.81 bits per heavy atom. The van der Waals surface area contributed by atoms with Gasteiger partial charge in [-0.15, -0.1) is 0 Å². The predicted molar refractivity (Wildman–Crippen MR) is 64.2 cm³/mol. The summed E-state index contributed by atoms with van der Waals surface area (Å²) in [5, 5.41) is 13.9. The van der Waals surface area contributed by atoms with Gasteiger partial charge in [0, 0.05) is 5.54 Å².